The number of benzene rings is 1. The van der Waals surface area contributed by atoms with E-state index in [9.17, 15) is 4.79 Å². The predicted molar refractivity (Wildman–Crippen MR) is 60.8 cm³/mol. The Balaban J connectivity index is 2.41. The molecule has 0 saturated heterocycles. The van der Waals surface area contributed by atoms with E-state index >= 15 is 0 Å². The van der Waals surface area contributed by atoms with Crippen LogP contribution in [0.25, 0.3) is 0 Å². The Labute approximate surface area is 94.4 Å². The molecular formula is C12H14ClNO. The molecule has 0 aromatic heterocycles. The van der Waals surface area contributed by atoms with E-state index in [4.69, 9.17) is 17.3 Å². The average Bonchev–Trinajstić information content (AvgIpc) is 2.69. The summed E-state index contributed by atoms with van der Waals surface area (Å²) in [7, 11) is 0. The first-order valence-corrected chi connectivity index (χ1v) is 5.59. The van der Waals surface area contributed by atoms with Crippen molar-refractivity contribution in [3.63, 3.8) is 0 Å². The zero-order chi connectivity index (χ0) is 10.9. The molecule has 0 unspecified atom stereocenters. The Morgan fingerprint density at radius 1 is 1.20 bits per heavy atom. The van der Waals surface area contributed by atoms with Gasteiger partial charge in [-0.25, -0.2) is 0 Å². The monoisotopic (exact) mass is 223 g/mol. The third kappa shape index (κ3) is 1.74. The molecule has 0 atom stereocenters. The van der Waals surface area contributed by atoms with Crippen LogP contribution in [0.5, 0.6) is 0 Å². The zero-order valence-electron chi connectivity index (χ0n) is 8.50. The number of halogens is 1. The van der Waals surface area contributed by atoms with Crippen LogP contribution in [0, 0.1) is 0 Å². The fourth-order valence-corrected chi connectivity index (χ4v) is 2.55. The van der Waals surface area contributed by atoms with Crippen molar-refractivity contribution in [1.29, 1.82) is 0 Å². The second-order valence-corrected chi connectivity index (χ2v) is 4.60. The second-order valence-electron chi connectivity index (χ2n) is 4.16. The minimum Gasteiger partial charge on any atom is -0.369 e. The molecule has 1 aliphatic rings. The number of rotatable bonds is 2. The minimum absolute atomic E-state index is 0.206. The first-order chi connectivity index (χ1) is 7.15. The maximum atomic E-state index is 11.6. The predicted octanol–water partition coefficient (Wildman–Crippen LogP) is 2.64. The Kier molecular flexibility index (Phi) is 2.70. The van der Waals surface area contributed by atoms with Crippen LogP contribution in [0.2, 0.25) is 5.02 Å². The molecule has 0 heterocycles. The standard InChI is InChI=1S/C12H14ClNO/c13-10-5-3-9(4-6-10)12(11(14)15)7-1-2-8-12/h3-6H,1-2,7-8H2,(H2,14,15). The second kappa shape index (κ2) is 3.86. The van der Waals surface area contributed by atoms with Gasteiger partial charge in [-0.3, -0.25) is 4.79 Å². The Morgan fingerprint density at radius 2 is 1.73 bits per heavy atom. The number of primary amides is 1. The molecule has 1 amide bonds. The molecule has 1 aromatic carbocycles. The topological polar surface area (TPSA) is 43.1 Å². The van der Waals surface area contributed by atoms with E-state index in [1.54, 1.807) is 0 Å². The molecule has 2 rings (SSSR count). The number of amides is 1. The lowest BCUT2D eigenvalue weighted by Gasteiger charge is -2.25. The summed E-state index contributed by atoms with van der Waals surface area (Å²) in [5.74, 6) is -0.206. The van der Waals surface area contributed by atoms with Gasteiger partial charge in [0.25, 0.3) is 0 Å². The van der Waals surface area contributed by atoms with Gasteiger partial charge < -0.3 is 5.73 Å². The van der Waals surface area contributed by atoms with Crippen LogP contribution < -0.4 is 5.73 Å². The van der Waals surface area contributed by atoms with Gasteiger partial charge in [-0.15, -0.1) is 0 Å². The van der Waals surface area contributed by atoms with Gasteiger partial charge in [0.1, 0.15) is 0 Å². The van der Waals surface area contributed by atoms with E-state index in [0.29, 0.717) is 5.02 Å². The normalized spacial score (nSPS) is 19.0. The van der Waals surface area contributed by atoms with Crippen molar-refractivity contribution in [3.05, 3.63) is 34.9 Å². The molecule has 1 aliphatic carbocycles. The number of carbonyl (C=O) groups is 1. The van der Waals surface area contributed by atoms with Crippen molar-refractivity contribution in [1.82, 2.24) is 0 Å². The van der Waals surface area contributed by atoms with Crippen LogP contribution in [-0.4, -0.2) is 5.91 Å². The number of hydrogen-bond acceptors (Lipinski definition) is 1. The molecule has 0 aliphatic heterocycles. The molecule has 80 valence electrons. The number of nitrogens with two attached hydrogens (primary N) is 1. The molecule has 2 N–H and O–H groups in total. The smallest absolute Gasteiger partial charge is 0.228 e. The zero-order valence-corrected chi connectivity index (χ0v) is 9.26. The molecule has 0 radical (unpaired) electrons. The van der Waals surface area contributed by atoms with E-state index in [-0.39, 0.29) is 5.91 Å². The minimum atomic E-state index is -0.440. The summed E-state index contributed by atoms with van der Waals surface area (Å²) >= 11 is 5.83. The van der Waals surface area contributed by atoms with E-state index in [1.807, 2.05) is 24.3 Å². The third-order valence-electron chi connectivity index (χ3n) is 3.33. The summed E-state index contributed by atoms with van der Waals surface area (Å²) in [5.41, 5.74) is 6.10. The molecule has 1 fully saturated rings. The molecule has 1 aromatic rings. The maximum Gasteiger partial charge on any atom is 0.228 e. The van der Waals surface area contributed by atoms with Crippen LogP contribution in [0.3, 0.4) is 0 Å². The Hall–Kier alpha value is -1.02. The molecular weight excluding hydrogens is 210 g/mol. The van der Waals surface area contributed by atoms with Crippen molar-refractivity contribution in [3.8, 4) is 0 Å². The molecule has 0 spiro atoms. The summed E-state index contributed by atoms with van der Waals surface area (Å²) in [5, 5.41) is 0.691. The van der Waals surface area contributed by atoms with Crippen LogP contribution in [0.4, 0.5) is 0 Å². The Morgan fingerprint density at radius 3 is 2.20 bits per heavy atom. The summed E-state index contributed by atoms with van der Waals surface area (Å²) in [4.78, 5) is 11.6. The number of carbonyl (C=O) groups excluding carboxylic acids is 1. The van der Waals surface area contributed by atoms with E-state index in [1.165, 1.54) is 0 Å². The summed E-state index contributed by atoms with van der Waals surface area (Å²) in [6, 6.07) is 7.47. The first kappa shape index (κ1) is 10.5. The van der Waals surface area contributed by atoms with E-state index in [0.717, 1.165) is 31.2 Å². The van der Waals surface area contributed by atoms with Crippen LogP contribution in [0.1, 0.15) is 31.2 Å². The Bertz CT molecular complexity index is 366. The van der Waals surface area contributed by atoms with Crippen molar-refractivity contribution in [2.45, 2.75) is 31.1 Å². The van der Waals surface area contributed by atoms with Gasteiger partial charge in [0.15, 0.2) is 0 Å². The lowest BCUT2D eigenvalue weighted by Crippen LogP contribution is -2.38. The van der Waals surface area contributed by atoms with Crippen molar-refractivity contribution in [2.75, 3.05) is 0 Å². The molecule has 15 heavy (non-hydrogen) atoms. The average molecular weight is 224 g/mol. The van der Waals surface area contributed by atoms with E-state index in [2.05, 4.69) is 0 Å². The summed E-state index contributed by atoms with van der Waals surface area (Å²) in [6.07, 6.45) is 3.88. The number of hydrogen-bond donors (Lipinski definition) is 1. The summed E-state index contributed by atoms with van der Waals surface area (Å²) in [6.45, 7) is 0. The van der Waals surface area contributed by atoms with Crippen LogP contribution in [0.15, 0.2) is 24.3 Å². The fraction of sp³-hybridized carbons (Fsp3) is 0.417. The lowest BCUT2D eigenvalue weighted by molar-refractivity contribution is -0.123. The quantitative estimate of drug-likeness (QED) is 0.823. The molecule has 1 saturated carbocycles. The van der Waals surface area contributed by atoms with Crippen molar-refractivity contribution in [2.24, 2.45) is 5.73 Å². The van der Waals surface area contributed by atoms with Gasteiger partial charge in [0.05, 0.1) is 5.41 Å². The van der Waals surface area contributed by atoms with Crippen molar-refractivity contribution >= 4 is 17.5 Å². The fourth-order valence-electron chi connectivity index (χ4n) is 2.42. The van der Waals surface area contributed by atoms with Crippen LogP contribution in [-0.2, 0) is 10.2 Å². The highest BCUT2D eigenvalue weighted by atomic mass is 35.5. The van der Waals surface area contributed by atoms with E-state index < -0.39 is 5.41 Å². The molecule has 3 heteroatoms. The largest absolute Gasteiger partial charge is 0.369 e. The van der Waals surface area contributed by atoms with Gasteiger partial charge in [0.2, 0.25) is 5.91 Å². The highest BCUT2D eigenvalue weighted by Crippen LogP contribution is 2.41. The molecule has 2 nitrogen and oxygen atoms in total. The van der Waals surface area contributed by atoms with Gasteiger partial charge in [-0.05, 0) is 30.5 Å². The highest BCUT2D eigenvalue weighted by molar-refractivity contribution is 6.30. The van der Waals surface area contributed by atoms with Gasteiger partial charge in [-0.2, -0.15) is 0 Å². The SMILES string of the molecule is NC(=O)C1(c2ccc(Cl)cc2)CCCC1. The van der Waals surface area contributed by atoms with Gasteiger partial charge in [0, 0.05) is 5.02 Å². The molecule has 0 bridgehead atoms. The highest BCUT2D eigenvalue weighted by Gasteiger charge is 2.40. The lowest BCUT2D eigenvalue weighted by atomic mass is 9.78. The first-order valence-electron chi connectivity index (χ1n) is 5.21. The van der Waals surface area contributed by atoms with Crippen LogP contribution >= 0.6 is 11.6 Å². The van der Waals surface area contributed by atoms with Gasteiger partial charge in [-0.1, -0.05) is 36.6 Å². The third-order valence-corrected chi connectivity index (χ3v) is 3.58. The van der Waals surface area contributed by atoms with Gasteiger partial charge >= 0.3 is 0 Å². The maximum absolute atomic E-state index is 11.6. The summed E-state index contributed by atoms with van der Waals surface area (Å²) < 4.78 is 0. The van der Waals surface area contributed by atoms with Crippen molar-refractivity contribution < 1.29 is 4.79 Å².